The third kappa shape index (κ3) is 9.73. The average Bonchev–Trinajstić information content (AvgIpc) is 2.89. The predicted molar refractivity (Wildman–Crippen MR) is 162 cm³/mol. The lowest BCUT2D eigenvalue weighted by Gasteiger charge is -2.25. The van der Waals surface area contributed by atoms with E-state index in [1.54, 1.807) is 0 Å². The molecule has 2 amide bonds. The van der Waals surface area contributed by atoms with Crippen LogP contribution in [0.15, 0.2) is 60.7 Å². The van der Waals surface area contributed by atoms with Crippen LogP contribution >= 0.6 is 22.6 Å². The lowest BCUT2D eigenvalue weighted by Crippen LogP contribution is -2.50. The summed E-state index contributed by atoms with van der Waals surface area (Å²) in [6.45, 7) is 7.88. The molecule has 0 aliphatic carbocycles. The molecule has 3 atom stereocenters. The molecule has 7 heteroatoms. The lowest BCUT2D eigenvalue weighted by atomic mass is 9.97. The highest BCUT2D eigenvalue weighted by Crippen LogP contribution is 2.20. The van der Waals surface area contributed by atoms with Crippen molar-refractivity contribution >= 4 is 34.4 Å². The first kappa shape index (κ1) is 30.2. The Hall–Kier alpha value is -2.39. The van der Waals surface area contributed by atoms with Gasteiger partial charge in [-0.2, -0.15) is 0 Å². The Labute approximate surface area is 241 Å². The highest BCUT2D eigenvalue weighted by atomic mass is 127. The van der Waals surface area contributed by atoms with Crippen LogP contribution in [0.3, 0.4) is 0 Å². The zero-order chi connectivity index (χ0) is 27.3. The zero-order valence-electron chi connectivity index (χ0n) is 22.8. The van der Waals surface area contributed by atoms with E-state index in [2.05, 4.69) is 83.6 Å². The van der Waals surface area contributed by atoms with Crippen LogP contribution in [-0.2, 0) is 22.4 Å². The van der Waals surface area contributed by atoms with Crippen LogP contribution in [0.2, 0.25) is 0 Å². The Balaban J connectivity index is 1.85. The molecule has 1 aliphatic heterocycles. The van der Waals surface area contributed by atoms with Crippen LogP contribution in [-0.4, -0.2) is 43.6 Å². The van der Waals surface area contributed by atoms with Crippen molar-refractivity contribution < 1.29 is 14.3 Å². The molecule has 0 unspecified atom stereocenters. The molecule has 206 valence electrons. The summed E-state index contributed by atoms with van der Waals surface area (Å²) in [5.74, 6) is 0.815. The molecular weight excluding hydrogens is 589 g/mol. The summed E-state index contributed by atoms with van der Waals surface area (Å²) in [7, 11) is 0. The van der Waals surface area contributed by atoms with Gasteiger partial charge < -0.3 is 20.7 Å². The summed E-state index contributed by atoms with van der Waals surface area (Å²) in [5.41, 5.74) is 2.23. The third-order valence-electron chi connectivity index (χ3n) is 6.80. The van der Waals surface area contributed by atoms with Gasteiger partial charge in [-0.1, -0.05) is 69.7 Å². The van der Waals surface area contributed by atoms with Gasteiger partial charge in [0.1, 0.15) is 12.4 Å². The van der Waals surface area contributed by atoms with Gasteiger partial charge in [-0.25, -0.2) is 0 Å². The number of nitrogens with one attached hydrogen (secondary N) is 3. The van der Waals surface area contributed by atoms with E-state index < -0.39 is 6.04 Å². The largest absolute Gasteiger partial charge is 0.492 e. The number of carbonyl (C=O) groups is 2. The van der Waals surface area contributed by atoms with Crippen molar-refractivity contribution in [3.63, 3.8) is 0 Å². The fourth-order valence-corrected chi connectivity index (χ4v) is 5.21. The highest BCUT2D eigenvalue weighted by molar-refractivity contribution is 14.1. The maximum Gasteiger partial charge on any atom is 0.237 e. The molecule has 0 bridgehead atoms. The van der Waals surface area contributed by atoms with Crippen molar-refractivity contribution in [1.29, 1.82) is 0 Å². The van der Waals surface area contributed by atoms with E-state index in [1.807, 2.05) is 36.4 Å². The van der Waals surface area contributed by atoms with Gasteiger partial charge in [-0.05, 0) is 83.5 Å². The minimum Gasteiger partial charge on any atom is -0.492 e. The van der Waals surface area contributed by atoms with Crippen LogP contribution < -0.4 is 20.7 Å². The Morgan fingerprint density at radius 3 is 2.61 bits per heavy atom. The Morgan fingerprint density at radius 2 is 1.84 bits per heavy atom. The summed E-state index contributed by atoms with van der Waals surface area (Å²) in [5, 5.41) is 9.79. The van der Waals surface area contributed by atoms with Crippen molar-refractivity contribution in [3.05, 3.63) is 75.4 Å². The van der Waals surface area contributed by atoms with Gasteiger partial charge in [-0.3, -0.25) is 9.59 Å². The van der Waals surface area contributed by atoms with Crippen LogP contribution in [0, 0.1) is 15.4 Å². The molecule has 2 aromatic rings. The number of hydrogen-bond donors (Lipinski definition) is 3. The number of amides is 2. The van der Waals surface area contributed by atoms with E-state index in [9.17, 15) is 9.59 Å². The number of fused-ring (bicyclic) bond motifs is 1. The smallest absolute Gasteiger partial charge is 0.237 e. The quantitative estimate of drug-likeness (QED) is 0.319. The average molecular weight is 632 g/mol. The van der Waals surface area contributed by atoms with Crippen LogP contribution in [0.1, 0.15) is 51.2 Å². The Morgan fingerprint density at radius 1 is 1.03 bits per heavy atom. The van der Waals surface area contributed by atoms with Crippen LogP contribution in [0.25, 0.3) is 0 Å². The standard InChI is InChI=1S/C31H42IN3O3/c1-4-9-25-15-16-27(22(2)3)35-31(37)28(21-23-10-7-13-26(32)20-23)33-18-19-38-29-14-6-5-11-24(29)12-8-17-34-30(25)36/h5-7,10-11,13-16,20,22,25,27-28,33H,4,8-9,12,17-19,21H2,1-3H3,(H,34,36)(H,35,37)/b16-15+/t25-,27+,28-/m1/s1. The van der Waals surface area contributed by atoms with E-state index in [-0.39, 0.29) is 29.7 Å². The second kappa shape index (κ2) is 15.9. The molecule has 0 aromatic heterocycles. The van der Waals surface area contributed by atoms with Gasteiger partial charge in [0.2, 0.25) is 11.8 Å². The monoisotopic (exact) mass is 631 g/mol. The topological polar surface area (TPSA) is 79.5 Å². The molecule has 0 spiro atoms. The van der Waals surface area contributed by atoms with Crippen LogP contribution in [0.5, 0.6) is 5.75 Å². The van der Waals surface area contributed by atoms with Gasteiger partial charge in [-0.15, -0.1) is 0 Å². The molecule has 1 aliphatic rings. The second-order valence-electron chi connectivity index (χ2n) is 10.2. The summed E-state index contributed by atoms with van der Waals surface area (Å²) in [4.78, 5) is 26.5. The summed E-state index contributed by atoms with van der Waals surface area (Å²) in [6.07, 6.45) is 7.92. The number of benzene rings is 2. The molecule has 0 radical (unpaired) electrons. The van der Waals surface area contributed by atoms with Crippen molar-refractivity contribution in [2.24, 2.45) is 11.8 Å². The minimum atomic E-state index is -0.407. The van der Waals surface area contributed by atoms with Gasteiger partial charge in [0.05, 0.1) is 12.0 Å². The van der Waals surface area contributed by atoms with Crippen molar-refractivity contribution in [3.8, 4) is 5.75 Å². The molecule has 6 nitrogen and oxygen atoms in total. The first-order valence-corrected chi connectivity index (χ1v) is 14.9. The summed E-state index contributed by atoms with van der Waals surface area (Å²) >= 11 is 2.30. The normalized spacial score (nSPS) is 22.8. The van der Waals surface area contributed by atoms with Crippen molar-refractivity contribution in [2.45, 2.75) is 65.0 Å². The molecule has 0 fully saturated rings. The highest BCUT2D eigenvalue weighted by Gasteiger charge is 2.23. The summed E-state index contributed by atoms with van der Waals surface area (Å²) < 4.78 is 7.26. The van der Waals surface area contributed by atoms with Gasteiger partial charge in [0, 0.05) is 22.7 Å². The fraction of sp³-hybridized carbons (Fsp3) is 0.484. The van der Waals surface area contributed by atoms with Crippen molar-refractivity contribution in [1.82, 2.24) is 16.0 Å². The van der Waals surface area contributed by atoms with E-state index in [1.165, 1.54) is 0 Å². The second-order valence-corrected chi connectivity index (χ2v) is 11.5. The molecule has 38 heavy (non-hydrogen) atoms. The lowest BCUT2D eigenvalue weighted by molar-refractivity contribution is -0.124. The maximum absolute atomic E-state index is 13.6. The number of rotatable bonds is 5. The Kier molecular flexibility index (Phi) is 12.6. The number of aryl methyl sites for hydroxylation is 1. The molecule has 3 rings (SSSR count). The first-order chi connectivity index (χ1) is 18.4. The summed E-state index contributed by atoms with van der Waals surface area (Å²) in [6, 6.07) is 15.7. The molecule has 0 saturated heterocycles. The zero-order valence-corrected chi connectivity index (χ0v) is 25.0. The van der Waals surface area contributed by atoms with E-state index in [4.69, 9.17) is 4.74 Å². The number of halogens is 1. The predicted octanol–water partition coefficient (Wildman–Crippen LogP) is 5.05. The molecule has 1 heterocycles. The maximum atomic E-state index is 13.6. The van der Waals surface area contributed by atoms with Crippen molar-refractivity contribution in [2.75, 3.05) is 19.7 Å². The molecular formula is C31H42IN3O3. The molecule has 2 aromatic carbocycles. The first-order valence-electron chi connectivity index (χ1n) is 13.8. The SMILES string of the molecule is CCC[C@@H]1/C=C/[C@@H](C(C)C)NC(=O)[C@@H](Cc2cccc(I)c2)NCCOc2ccccc2CCCNC1=O. The van der Waals surface area contributed by atoms with Gasteiger partial charge >= 0.3 is 0 Å². The van der Waals surface area contributed by atoms with Crippen LogP contribution in [0.4, 0.5) is 0 Å². The van der Waals surface area contributed by atoms with Gasteiger partial charge in [0.15, 0.2) is 0 Å². The molecule has 3 N–H and O–H groups in total. The van der Waals surface area contributed by atoms with E-state index in [0.717, 1.165) is 46.1 Å². The number of para-hydroxylation sites is 1. The third-order valence-corrected chi connectivity index (χ3v) is 7.48. The number of hydrogen-bond acceptors (Lipinski definition) is 4. The minimum absolute atomic E-state index is 0.0424. The van der Waals surface area contributed by atoms with Gasteiger partial charge in [0.25, 0.3) is 0 Å². The fourth-order valence-electron chi connectivity index (χ4n) is 4.61. The van der Waals surface area contributed by atoms with E-state index in [0.29, 0.717) is 26.1 Å². The number of ether oxygens (including phenoxy) is 1. The number of carbonyl (C=O) groups excluding carboxylic acids is 2. The van der Waals surface area contributed by atoms with E-state index >= 15 is 0 Å². The Bertz CT molecular complexity index is 1070. The molecule has 0 saturated carbocycles.